The lowest BCUT2D eigenvalue weighted by Crippen LogP contribution is -2.40. The highest BCUT2D eigenvalue weighted by Gasteiger charge is 2.17. The third-order valence-corrected chi connectivity index (χ3v) is 5.78. The van der Waals surface area contributed by atoms with Crippen molar-refractivity contribution in [3.05, 3.63) is 64.6 Å². The summed E-state index contributed by atoms with van der Waals surface area (Å²) >= 11 is 6.23. The Morgan fingerprint density at radius 3 is 2.71 bits per heavy atom. The molecule has 182 valence electrons. The summed E-state index contributed by atoms with van der Waals surface area (Å²) in [6, 6.07) is 13.7. The Morgan fingerprint density at radius 2 is 1.97 bits per heavy atom. The molecule has 2 N–H and O–H groups in total. The average Bonchev–Trinajstić information content (AvgIpc) is 3.33. The third kappa shape index (κ3) is 5.77. The number of hydrogen-bond donors (Lipinski definition) is 2. The van der Waals surface area contributed by atoms with Crippen LogP contribution in [0.25, 0.3) is 16.7 Å². The number of aliphatic imine (C=N–C) groups is 1. The zero-order chi connectivity index (χ0) is 25.2. The fraction of sp³-hybridized carbons (Fsp3) is 0.346. The minimum absolute atomic E-state index is 0.0281. The normalized spacial score (nSPS) is 12.1. The zero-order valence-corrected chi connectivity index (χ0v) is 21.2. The zero-order valence-electron chi connectivity index (χ0n) is 20.5. The molecule has 0 saturated heterocycles. The van der Waals surface area contributed by atoms with Crippen molar-refractivity contribution in [2.75, 3.05) is 6.54 Å². The molecule has 0 atom stereocenters. The highest BCUT2D eigenvalue weighted by molar-refractivity contribution is 6.30. The number of aryl methyl sites for hydroxylation is 1. The van der Waals surface area contributed by atoms with E-state index in [1.807, 2.05) is 74.6 Å². The number of nitrogens with one attached hydrogen (secondary N) is 2. The molecular weight excluding hydrogens is 462 g/mol. The van der Waals surface area contributed by atoms with Crippen molar-refractivity contribution < 1.29 is 4.79 Å². The average molecular weight is 492 g/mol. The molecule has 35 heavy (non-hydrogen) atoms. The van der Waals surface area contributed by atoms with Crippen LogP contribution in [-0.4, -0.2) is 49.1 Å². The van der Waals surface area contributed by atoms with Crippen molar-refractivity contribution in [2.24, 2.45) is 4.99 Å². The predicted molar refractivity (Wildman–Crippen MR) is 141 cm³/mol. The molecule has 0 bridgehead atoms. The molecule has 0 radical (unpaired) electrons. The summed E-state index contributed by atoms with van der Waals surface area (Å²) in [5, 5.41) is 20.9. The lowest BCUT2D eigenvalue weighted by molar-refractivity contribution is -0.122. The second kappa shape index (κ2) is 10.00. The van der Waals surface area contributed by atoms with E-state index in [0.29, 0.717) is 36.7 Å². The molecule has 0 fully saturated rings. The monoisotopic (exact) mass is 491 g/mol. The van der Waals surface area contributed by atoms with E-state index >= 15 is 0 Å². The smallest absolute Gasteiger partial charge is 0.222 e. The Labute approximate surface area is 209 Å². The quantitative estimate of drug-likeness (QED) is 0.345. The van der Waals surface area contributed by atoms with Gasteiger partial charge in [-0.3, -0.25) is 14.2 Å². The minimum atomic E-state index is -0.256. The van der Waals surface area contributed by atoms with Gasteiger partial charge < -0.3 is 15.3 Å². The lowest BCUT2D eigenvalue weighted by atomic mass is 10.1. The van der Waals surface area contributed by atoms with Crippen LogP contribution in [0, 0.1) is 12.3 Å². The number of pyridine rings is 1. The predicted octanol–water partition coefficient (Wildman–Crippen LogP) is 4.83. The van der Waals surface area contributed by atoms with Crippen LogP contribution >= 0.6 is 11.6 Å². The minimum Gasteiger partial charge on any atom is -0.351 e. The van der Waals surface area contributed by atoms with Crippen LogP contribution in [0.3, 0.4) is 0 Å². The number of benzene rings is 1. The molecule has 1 aromatic carbocycles. The van der Waals surface area contributed by atoms with E-state index in [4.69, 9.17) is 17.0 Å². The van der Waals surface area contributed by atoms with Crippen LogP contribution in [0.15, 0.2) is 47.5 Å². The van der Waals surface area contributed by atoms with Gasteiger partial charge in [-0.25, -0.2) is 0 Å². The number of amides is 1. The van der Waals surface area contributed by atoms with Gasteiger partial charge in [0.05, 0.1) is 22.4 Å². The summed E-state index contributed by atoms with van der Waals surface area (Å²) in [4.78, 5) is 16.3. The largest absolute Gasteiger partial charge is 0.351 e. The molecule has 1 amide bonds. The Hall–Kier alpha value is -3.52. The van der Waals surface area contributed by atoms with Crippen LogP contribution in [0.2, 0.25) is 5.02 Å². The van der Waals surface area contributed by atoms with Gasteiger partial charge in [-0.1, -0.05) is 23.7 Å². The Balaban J connectivity index is 1.59. The number of halogens is 1. The van der Waals surface area contributed by atoms with Gasteiger partial charge in [0.2, 0.25) is 5.91 Å². The topological polar surface area (TPSA) is 100 Å². The molecule has 0 aliphatic carbocycles. The van der Waals surface area contributed by atoms with Gasteiger partial charge in [-0.2, -0.15) is 0 Å². The van der Waals surface area contributed by atoms with Crippen molar-refractivity contribution in [1.82, 2.24) is 24.5 Å². The molecule has 0 unspecified atom stereocenters. The van der Waals surface area contributed by atoms with E-state index < -0.39 is 0 Å². The van der Waals surface area contributed by atoms with Crippen LogP contribution in [0.5, 0.6) is 0 Å². The molecule has 3 heterocycles. The highest BCUT2D eigenvalue weighted by atomic mass is 35.5. The fourth-order valence-corrected chi connectivity index (χ4v) is 4.29. The molecule has 8 nitrogen and oxygen atoms in total. The first kappa shape index (κ1) is 24.6. The maximum absolute atomic E-state index is 12.0. The number of aromatic nitrogens is 4. The van der Waals surface area contributed by atoms with Crippen LogP contribution in [0.4, 0.5) is 0 Å². The van der Waals surface area contributed by atoms with Gasteiger partial charge in [0.1, 0.15) is 5.82 Å². The third-order valence-electron chi connectivity index (χ3n) is 5.54. The van der Waals surface area contributed by atoms with E-state index in [1.54, 1.807) is 6.21 Å². The summed E-state index contributed by atoms with van der Waals surface area (Å²) in [6.45, 7) is 8.73. The summed E-state index contributed by atoms with van der Waals surface area (Å²) in [6.07, 6.45) is 2.39. The molecule has 0 aliphatic heterocycles. The Bertz CT molecular complexity index is 1430. The van der Waals surface area contributed by atoms with Gasteiger partial charge in [0, 0.05) is 42.7 Å². The summed E-state index contributed by atoms with van der Waals surface area (Å²) in [7, 11) is 0. The Kier molecular flexibility index (Phi) is 7.03. The van der Waals surface area contributed by atoms with Gasteiger partial charge in [0.15, 0.2) is 5.65 Å². The van der Waals surface area contributed by atoms with E-state index in [9.17, 15) is 4.79 Å². The van der Waals surface area contributed by atoms with Crippen molar-refractivity contribution in [3.63, 3.8) is 0 Å². The van der Waals surface area contributed by atoms with Crippen LogP contribution in [0.1, 0.15) is 50.7 Å². The first-order valence-corrected chi connectivity index (χ1v) is 12.0. The van der Waals surface area contributed by atoms with E-state index in [-0.39, 0.29) is 11.4 Å². The van der Waals surface area contributed by atoms with Gasteiger partial charge >= 0.3 is 0 Å². The van der Waals surface area contributed by atoms with Crippen molar-refractivity contribution in [3.8, 4) is 0 Å². The molecular formula is C26H30ClN7O. The van der Waals surface area contributed by atoms with Crippen molar-refractivity contribution in [2.45, 2.75) is 52.6 Å². The van der Waals surface area contributed by atoms with E-state index in [1.165, 1.54) is 0 Å². The van der Waals surface area contributed by atoms with Crippen LogP contribution < -0.4 is 5.32 Å². The number of carbonyl (C=O) groups is 1. The molecule has 9 heteroatoms. The van der Waals surface area contributed by atoms with E-state index in [0.717, 1.165) is 33.8 Å². The number of carbonyl (C=O) groups excluding carboxylic acids is 1. The van der Waals surface area contributed by atoms with Gasteiger partial charge in [-0.15, -0.1) is 10.2 Å². The van der Waals surface area contributed by atoms with Gasteiger partial charge in [-0.05, 0) is 63.6 Å². The first-order valence-electron chi connectivity index (χ1n) is 11.6. The molecule has 0 spiro atoms. The number of nitrogens with zero attached hydrogens (tertiary/aromatic N) is 5. The number of fused-ring (bicyclic) bond motifs is 3. The standard InChI is InChI=1S/C26H30ClN7O/c1-17-31-32-24-9-8-21-23(34(17)24)15-22(33(21)16-18-6-5-7-19(27)14-18)20(28)10-12-29-13-11-25(35)30-26(2,3)4/h5-9,12,14-15,28H,10-11,13,16H2,1-4H3,(H,30,35). The molecule has 4 rings (SSSR count). The molecule has 0 saturated carbocycles. The number of rotatable bonds is 8. The fourth-order valence-electron chi connectivity index (χ4n) is 4.08. The summed E-state index contributed by atoms with van der Waals surface area (Å²) in [5.41, 5.74) is 4.71. The first-order chi connectivity index (χ1) is 16.6. The molecule has 3 aromatic heterocycles. The van der Waals surface area contributed by atoms with Crippen molar-refractivity contribution >= 4 is 46.1 Å². The number of hydrogen-bond acceptors (Lipinski definition) is 5. The van der Waals surface area contributed by atoms with Crippen molar-refractivity contribution in [1.29, 1.82) is 5.41 Å². The highest BCUT2D eigenvalue weighted by Crippen LogP contribution is 2.25. The Morgan fingerprint density at radius 1 is 1.17 bits per heavy atom. The molecule has 4 aromatic rings. The van der Waals surface area contributed by atoms with Crippen LogP contribution in [-0.2, 0) is 11.3 Å². The summed E-state index contributed by atoms with van der Waals surface area (Å²) < 4.78 is 4.12. The SMILES string of the molecule is Cc1nnc2ccc3c(cc(C(=N)CC=NCCC(=O)NC(C)(C)C)n3Cc3cccc(Cl)c3)n12. The molecule has 0 aliphatic rings. The second-order valence-corrected chi connectivity index (χ2v) is 10.0. The maximum Gasteiger partial charge on any atom is 0.222 e. The lowest BCUT2D eigenvalue weighted by Gasteiger charge is -2.20. The summed E-state index contributed by atoms with van der Waals surface area (Å²) in [5.74, 6) is 0.762. The van der Waals surface area contributed by atoms with Gasteiger partial charge in [0.25, 0.3) is 0 Å². The maximum atomic E-state index is 12.0. The second-order valence-electron chi connectivity index (χ2n) is 9.61. The van der Waals surface area contributed by atoms with E-state index in [2.05, 4.69) is 25.1 Å².